The van der Waals surface area contributed by atoms with Crippen LogP contribution in [0.25, 0.3) is 5.76 Å². The van der Waals surface area contributed by atoms with E-state index in [1.165, 1.54) is 48.5 Å². The van der Waals surface area contributed by atoms with Gasteiger partial charge >= 0.3 is 6.36 Å². The number of aliphatic hydroxyl groups is 1. The molecule has 3 aromatic carbocycles. The van der Waals surface area contributed by atoms with E-state index in [1.807, 2.05) is 0 Å². The molecule has 0 bridgehead atoms. The minimum atomic E-state index is -4.98. The van der Waals surface area contributed by atoms with Gasteiger partial charge in [-0.15, -0.1) is 13.2 Å². The van der Waals surface area contributed by atoms with Gasteiger partial charge in [0.2, 0.25) is 0 Å². The first-order chi connectivity index (χ1) is 17.5. The van der Waals surface area contributed by atoms with Gasteiger partial charge in [0, 0.05) is 17.3 Å². The van der Waals surface area contributed by atoms with Crippen LogP contribution in [-0.2, 0) is 9.59 Å². The maximum atomic E-state index is 13.2. The smallest absolute Gasteiger partial charge is 0.508 e. The van der Waals surface area contributed by atoms with Gasteiger partial charge in [-0.1, -0.05) is 29.8 Å². The number of ketones is 1. The Balaban J connectivity index is 1.92. The summed E-state index contributed by atoms with van der Waals surface area (Å²) >= 11 is 6.29. The molecule has 1 amide bonds. The van der Waals surface area contributed by atoms with E-state index in [1.54, 1.807) is 13.0 Å². The number of aliphatic hydroxyl groups excluding tert-OH is 1. The minimum Gasteiger partial charge on any atom is -0.508 e. The molecular formula is C26H19ClF3NO6. The lowest BCUT2D eigenvalue weighted by molar-refractivity contribution is -0.274. The molecule has 2 N–H and O–H groups in total. The van der Waals surface area contributed by atoms with Gasteiger partial charge in [-0.25, -0.2) is 0 Å². The van der Waals surface area contributed by atoms with Crippen LogP contribution in [0.5, 0.6) is 17.2 Å². The molecule has 1 aliphatic rings. The number of rotatable bonds is 6. The summed E-state index contributed by atoms with van der Waals surface area (Å²) in [6, 6.07) is 13.1. The zero-order chi connectivity index (χ0) is 26.9. The van der Waals surface area contributed by atoms with E-state index in [-0.39, 0.29) is 33.2 Å². The van der Waals surface area contributed by atoms with E-state index in [0.717, 1.165) is 17.0 Å². The van der Waals surface area contributed by atoms with Crippen molar-refractivity contribution in [2.75, 3.05) is 11.5 Å². The summed E-state index contributed by atoms with van der Waals surface area (Å²) in [5.74, 6) is -3.15. The molecule has 1 atom stereocenters. The second-order valence-corrected chi connectivity index (χ2v) is 8.29. The number of anilines is 1. The van der Waals surface area contributed by atoms with E-state index < -0.39 is 35.6 Å². The number of halogens is 4. The number of alkyl halides is 3. The number of benzene rings is 3. The average Bonchev–Trinajstić information content (AvgIpc) is 3.10. The van der Waals surface area contributed by atoms with Crippen molar-refractivity contribution in [2.45, 2.75) is 19.3 Å². The number of phenolic OH excluding ortho intramolecular Hbond substituents is 1. The molecule has 0 saturated carbocycles. The fraction of sp³-hybridized carbons (Fsp3) is 0.154. The molecule has 11 heteroatoms. The average molecular weight is 534 g/mol. The highest BCUT2D eigenvalue weighted by Crippen LogP contribution is 2.44. The summed E-state index contributed by atoms with van der Waals surface area (Å²) in [7, 11) is 0. The van der Waals surface area contributed by atoms with Crippen molar-refractivity contribution in [3.05, 3.63) is 88.5 Å². The first kappa shape index (κ1) is 25.9. The van der Waals surface area contributed by atoms with Gasteiger partial charge in [-0.2, -0.15) is 0 Å². The number of hydrogen-bond donors (Lipinski definition) is 2. The number of Topliss-reactive ketones (excluding diaryl/α,β-unsaturated/α-hetero) is 1. The van der Waals surface area contributed by atoms with Crippen LogP contribution in [-0.4, -0.2) is 34.9 Å². The highest BCUT2D eigenvalue weighted by Gasteiger charge is 2.47. The number of carbonyl (C=O) groups is 2. The Bertz CT molecular complexity index is 1390. The number of aromatic hydroxyl groups is 1. The van der Waals surface area contributed by atoms with Crippen molar-refractivity contribution in [2.24, 2.45) is 0 Å². The summed E-state index contributed by atoms with van der Waals surface area (Å²) in [5, 5.41) is 21.1. The van der Waals surface area contributed by atoms with Crippen LogP contribution in [0, 0.1) is 0 Å². The molecule has 3 aromatic rings. The Labute approximate surface area is 213 Å². The molecule has 1 unspecified atom stereocenters. The Morgan fingerprint density at radius 2 is 1.73 bits per heavy atom. The van der Waals surface area contributed by atoms with Gasteiger partial charge in [-0.05, 0) is 55.0 Å². The fourth-order valence-electron chi connectivity index (χ4n) is 3.99. The van der Waals surface area contributed by atoms with Gasteiger partial charge < -0.3 is 19.7 Å². The standard InChI is InChI=1S/C26H19ClF3NO6/c1-2-36-17-10-11-20(27)19(13-17)23(33)21-22(14-6-8-16(32)9-7-14)31(25(35)24(21)34)15-4-3-5-18(12-15)37-26(28,29)30/h3-13,22,32-33H,2H2,1H3/b23-21+. The van der Waals surface area contributed by atoms with Crippen LogP contribution < -0.4 is 14.4 Å². The monoisotopic (exact) mass is 533 g/mol. The highest BCUT2D eigenvalue weighted by atomic mass is 35.5. The topological polar surface area (TPSA) is 96.3 Å². The zero-order valence-electron chi connectivity index (χ0n) is 19.1. The third-order valence-corrected chi connectivity index (χ3v) is 5.82. The third kappa shape index (κ3) is 5.34. The number of ether oxygens (including phenoxy) is 2. The van der Waals surface area contributed by atoms with Crippen LogP contribution in [0.3, 0.4) is 0 Å². The van der Waals surface area contributed by atoms with Gasteiger partial charge in [-0.3, -0.25) is 14.5 Å². The van der Waals surface area contributed by atoms with Gasteiger partial charge in [0.1, 0.15) is 23.0 Å². The molecule has 1 saturated heterocycles. The molecule has 1 fully saturated rings. The largest absolute Gasteiger partial charge is 0.573 e. The molecule has 0 radical (unpaired) electrons. The lowest BCUT2D eigenvalue weighted by atomic mass is 9.95. The molecule has 0 aromatic heterocycles. The maximum absolute atomic E-state index is 13.2. The highest BCUT2D eigenvalue weighted by molar-refractivity contribution is 6.52. The molecule has 1 heterocycles. The SMILES string of the molecule is CCOc1ccc(Cl)c(/C(O)=C2\C(=O)C(=O)N(c3cccc(OC(F)(F)F)c3)C2c2ccc(O)cc2)c1. The number of phenols is 1. The van der Waals surface area contributed by atoms with E-state index in [9.17, 15) is 33.0 Å². The lowest BCUT2D eigenvalue weighted by Gasteiger charge is -2.26. The van der Waals surface area contributed by atoms with E-state index in [4.69, 9.17) is 16.3 Å². The van der Waals surface area contributed by atoms with Crippen LogP contribution in [0.1, 0.15) is 24.1 Å². The predicted octanol–water partition coefficient (Wildman–Crippen LogP) is 5.97. The first-order valence-corrected chi connectivity index (χ1v) is 11.3. The number of amides is 1. The van der Waals surface area contributed by atoms with Gasteiger partial charge in [0.25, 0.3) is 11.7 Å². The first-order valence-electron chi connectivity index (χ1n) is 10.9. The normalized spacial score (nSPS) is 17.2. The van der Waals surface area contributed by atoms with Gasteiger partial charge in [0.05, 0.1) is 23.2 Å². The molecule has 0 aliphatic carbocycles. The minimum absolute atomic E-state index is 0.0172. The second-order valence-electron chi connectivity index (χ2n) is 7.88. The summed E-state index contributed by atoms with van der Waals surface area (Å²) < 4.78 is 47.8. The Morgan fingerprint density at radius 3 is 2.38 bits per heavy atom. The second kappa shape index (κ2) is 10.1. The predicted molar refractivity (Wildman–Crippen MR) is 129 cm³/mol. The van der Waals surface area contributed by atoms with E-state index >= 15 is 0 Å². The molecular weight excluding hydrogens is 515 g/mol. The number of nitrogens with zero attached hydrogens (tertiary/aromatic N) is 1. The van der Waals surface area contributed by atoms with Crippen molar-refractivity contribution >= 4 is 34.7 Å². The summed E-state index contributed by atoms with van der Waals surface area (Å²) in [6.07, 6.45) is -4.98. The summed E-state index contributed by atoms with van der Waals surface area (Å²) in [5.41, 5.74) is -0.134. The summed E-state index contributed by atoms with van der Waals surface area (Å²) in [6.45, 7) is 2.07. The van der Waals surface area contributed by atoms with Crippen molar-refractivity contribution in [1.82, 2.24) is 0 Å². The molecule has 4 rings (SSSR count). The maximum Gasteiger partial charge on any atom is 0.573 e. The van der Waals surface area contributed by atoms with E-state index in [2.05, 4.69) is 4.74 Å². The molecule has 1 aliphatic heterocycles. The Hall–Kier alpha value is -4.18. The molecule has 37 heavy (non-hydrogen) atoms. The van der Waals surface area contributed by atoms with Crippen LogP contribution in [0.15, 0.2) is 72.3 Å². The van der Waals surface area contributed by atoms with Gasteiger partial charge in [0.15, 0.2) is 0 Å². The Morgan fingerprint density at radius 1 is 1.03 bits per heavy atom. The Kier molecular flexibility index (Phi) is 7.04. The van der Waals surface area contributed by atoms with Crippen molar-refractivity contribution in [3.8, 4) is 17.2 Å². The summed E-state index contributed by atoms with van der Waals surface area (Å²) in [4.78, 5) is 27.4. The van der Waals surface area contributed by atoms with Crippen LogP contribution in [0.2, 0.25) is 5.02 Å². The van der Waals surface area contributed by atoms with Crippen LogP contribution >= 0.6 is 11.6 Å². The lowest BCUT2D eigenvalue weighted by Crippen LogP contribution is -2.29. The van der Waals surface area contributed by atoms with Crippen molar-refractivity contribution in [1.29, 1.82) is 0 Å². The van der Waals surface area contributed by atoms with E-state index in [0.29, 0.717) is 12.4 Å². The third-order valence-electron chi connectivity index (χ3n) is 5.49. The quantitative estimate of drug-likeness (QED) is 0.230. The van der Waals surface area contributed by atoms with Crippen molar-refractivity contribution < 1.29 is 42.4 Å². The molecule has 192 valence electrons. The number of carbonyl (C=O) groups excluding carboxylic acids is 2. The molecule has 7 nitrogen and oxygen atoms in total. The zero-order valence-corrected chi connectivity index (χ0v) is 19.9. The number of hydrogen-bond acceptors (Lipinski definition) is 6. The fourth-order valence-corrected chi connectivity index (χ4v) is 4.20. The van der Waals surface area contributed by atoms with Crippen molar-refractivity contribution in [3.63, 3.8) is 0 Å². The molecule has 0 spiro atoms. The van der Waals surface area contributed by atoms with Crippen LogP contribution in [0.4, 0.5) is 18.9 Å².